The Balaban J connectivity index is 2.17. The average molecular weight is 328 g/mol. The molecule has 24 heavy (non-hydrogen) atoms. The van der Waals surface area contributed by atoms with Crippen LogP contribution >= 0.6 is 0 Å². The highest BCUT2D eigenvalue weighted by molar-refractivity contribution is 5.88. The third-order valence-electron chi connectivity index (χ3n) is 2.81. The summed E-state index contributed by atoms with van der Waals surface area (Å²) in [6.45, 7) is 0. The molecule has 0 aromatic heterocycles. The Morgan fingerprint density at radius 3 is 2.12 bits per heavy atom. The summed E-state index contributed by atoms with van der Waals surface area (Å²) in [7, 11) is 0. The fraction of sp³-hybridized carbons (Fsp3) is 0. The Morgan fingerprint density at radius 2 is 1.58 bits per heavy atom. The maximum Gasteiger partial charge on any atom is 0.272 e. The van der Waals surface area contributed by atoms with Gasteiger partial charge in [0.05, 0.1) is 28.2 Å². The van der Waals surface area contributed by atoms with E-state index in [9.17, 15) is 29.9 Å². The number of carboxylic acids is 2. The topological polar surface area (TPSA) is 160 Å². The Morgan fingerprint density at radius 1 is 0.958 bits per heavy atom. The van der Waals surface area contributed by atoms with Crippen molar-refractivity contribution in [1.29, 1.82) is 0 Å². The maximum absolute atomic E-state index is 10.8. The van der Waals surface area contributed by atoms with Crippen molar-refractivity contribution in [2.75, 3.05) is 5.43 Å². The molecule has 1 N–H and O–H groups in total. The van der Waals surface area contributed by atoms with Gasteiger partial charge in [-0.15, -0.1) is 5.11 Å². The molecule has 0 bridgehead atoms. The van der Waals surface area contributed by atoms with Crippen LogP contribution in [0.3, 0.4) is 0 Å². The van der Waals surface area contributed by atoms with Gasteiger partial charge in [-0.05, 0) is 23.8 Å². The minimum atomic E-state index is -1.57. The molecule has 0 atom stereocenters. The Labute approximate surface area is 134 Å². The lowest BCUT2D eigenvalue weighted by atomic mass is 10.2. The van der Waals surface area contributed by atoms with Crippen LogP contribution in [0.15, 0.2) is 52.8 Å². The molecule has 0 spiro atoms. The van der Waals surface area contributed by atoms with E-state index in [-0.39, 0.29) is 16.8 Å². The van der Waals surface area contributed by atoms with Crippen LogP contribution in [0.2, 0.25) is 0 Å². The first-order valence-corrected chi connectivity index (χ1v) is 6.36. The second-order valence-electron chi connectivity index (χ2n) is 4.46. The van der Waals surface area contributed by atoms with E-state index in [1.165, 1.54) is 24.3 Å². The molecule has 2 rings (SSSR count). The molecule has 0 aliphatic carbocycles. The molecule has 10 nitrogen and oxygen atoms in total. The molecule has 0 radical (unpaired) electrons. The molecule has 0 saturated carbocycles. The number of nitrogens with zero attached hydrogens (tertiary/aromatic N) is 3. The number of nitro groups is 1. The van der Waals surface area contributed by atoms with E-state index in [1.54, 1.807) is 0 Å². The summed E-state index contributed by atoms with van der Waals surface area (Å²) in [6.07, 6.45) is 0. The molecule has 10 heteroatoms. The summed E-state index contributed by atoms with van der Waals surface area (Å²) in [5.74, 6) is -2.90. The van der Waals surface area contributed by atoms with E-state index in [0.29, 0.717) is 5.69 Å². The number of anilines is 1. The molecule has 0 aliphatic rings. The van der Waals surface area contributed by atoms with Crippen LogP contribution in [0.25, 0.3) is 0 Å². The molecule has 2 aromatic carbocycles. The van der Waals surface area contributed by atoms with Gasteiger partial charge in [0.25, 0.3) is 5.69 Å². The molecule has 0 heterocycles. The highest BCUT2D eigenvalue weighted by atomic mass is 16.6. The van der Waals surface area contributed by atoms with Gasteiger partial charge in [0.2, 0.25) is 0 Å². The second kappa shape index (κ2) is 6.96. The molecule has 0 aliphatic heterocycles. The summed E-state index contributed by atoms with van der Waals surface area (Å²) in [5, 5.41) is 39.5. The zero-order valence-corrected chi connectivity index (χ0v) is 11.8. The zero-order valence-electron chi connectivity index (χ0n) is 11.8. The first-order valence-electron chi connectivity index (χ1n) is 6.36. The number of carbonyl (C=O) groups is 2. The van der Waals surface area contributed by atoms with Crippen LogP contribution in [0, 0.1) is 10.1 Å². The molecule has 0 saturated heterocycles. The van der Waals surface area contributed by atoms with E-state index >= 15 is 0 Å². The first-order chi connectivity index (χ1) is 11.4. The highest BCUT2D eigenvalue weighted by Crippen LogP contribution is 2.21. The van der Waals surface area contributed by atoms with Gasteiger partial charge in [-0.3, -0.25) is 15.5 Å². The minimum absolute atomic E-state index is 0.0264. The summed E-state index contributed by atoms with van der Waals surface area (Å²) >= 11 is 0. The normalized spacial score (nSPS) is 10.5. The van der Waals surface area contributed by atoms with E-state index < -0.39 is 22.5 Å². The second-order valence-corrected chi connectivity index (χ2v) is 4.46. The summed E-state index contributed by atoms with van der Waals surface area (Å²) in [6, 6.07) is 8.31. The SMILES string of the molecule is O=C([O-])c1ccc(N=NNc2cc(C(=O)[O-])cc([N+](=O)[O-])c2)cc1. The maximum atomic E-state index is 10.8. The predicted molar refractivity (Wildman–Crippen MR) is 76.3 cm³/mol. The van der Waals surface area contributed by atoms with Crippen LogP contribution < -0.4 is 15.6 Å². The predicted octanol–water partition coefficient (Wildman–Crippen LogP) is 0.433. The van der Waals surface area contributed by atoms with Crippen LogP contribution in [-0.2, 0) is 0 Å². The molecule has 0 fully saturated rings. The van der Waals surface area contributed by atoms with Crippen molar-refractivity contribution in [3.63, 3.8) is 0 Å². The van der Waals surface area contributed by atoms with Gasteiger partial charge < -0.3 is 19.8 Å². The Bertz CT molecular complexity index is 799. The minimum Gasteiger partial charge on any atom is -0.545 e. The number of nitrogens with one attached hydrogen (secondary N) is 1. The number of carbonyl (C=O) groups excluding carboxylic acids is 2. The van der Waals surface area contributed by atoms with Gasteiger partial charge in [-0.25, -0.2) is 0 Å². The largest absolute Gasteiger partial charge is 0.545 e. The van der Waals surface area contributed by atoms with E-state index in [0.717, 1.165) is 18.2 Å². The quantitative estimate of drug-likeness (QED) is 0.457. The van der Waals surface area contributed by atoms with Crippen LogP contribution in [-0.4, -0.2) is 16.9 Å². The lowest BCUT2D eigenvalue weighted by Crippen LogP contribution is -2.22. The van der Waals surface area contributed by atoms with Gasteiger partial charge in [0.15, 0.2) is 0 Å². The van der Waals surface area contributed by atoms with Crippen molar-refractivity contribution in [2.24, 2.45) is 10.3 Å². The van der Waals surface area contributed by atoms with E-state index in [4.69, 9.17) is 0 Å². The third kappa shape index (κ3) is 4.10. The lowest BCUT2D eigenvalue weighted by molar-refractivity contribution is -0.384. The van der Waals surface area contributed by atoms with E-state index in [2.05, 4.69) is 15.8 Å². The number of rotatable bonds is 6. The number of aromatic carboxylic acids is 2. The average Bonchev–Trinajstić information content (AvgIpc) is 2.55. The Hall–Kier alpha value is -3.82. The summed E-state index contributed by atoms with van der Waals surface area (Å²) < 4.78 is 0. The number of hydrogen-bond acceptors (Lipinski definition) is 8. The van der Waals surface area contributed by atoms with Crippen LogP contribution in [0.1, 0.15) is 20.7 Å². The van der Waals surface area contributed by atoms with Gasteiger partial charge in [0, 0.05) is 17.7 Å². The van der Waals surface area contributed by atoms with Gasteiger partial charge >= 0.3 is 0 Å². The molecular weight excluding hydrogens is 320 g/mol. The zero-order chi connectivity index (χ0) is 17.7. The van der Waals surface area contributed by atoms with Crippen molar-refractivity contribution >= 4 is 29.0 Å². The Kier molecular flexibility index (Phi) is 4.80. The fourth-order valence-corrected chi connectivity index (χ4v) is 1.70. The van der Waals surface area contributed by atoms with Crippen molar-refractivity contribution in [2.45, 2.75) is 0 Å². The number of benzene rings is 2. The fourth-order valence-electron chi connectivity index (χ4n) is 1.70. The third-order valence-corrected chi connectivity index (χ3v) is 2.81. The monoisotopic (exact) mass is 328 g/mol. The van der Waals surface area contributed by atoms with Gasteiger partial charge in [-0.2, -0.15) is 0 Å². The van der Waals surface area contributed by atoms with Gasteiger partial charge in [-0.1, -0.05) is 17.4 Å². The van der Waals surface area contributed by atoms with Crippen LogP contribution in [0.5, 0.6) is 0 Å². The number of hydrogen-bond donors (Lipinski definition) is 1. The van der Waals surface area contributed by atoms with E-state index in [1.807, 2.05) is 0 Å². The number of non-ortho nitro benzene ring substituents is 1. The number of nitro benzene ring substituents is 1. The first kappa shape index (κ1) is 16.5. The standard InChI is InChI=1S/C14H10N4O6/c19-13(20)8-1-3-10(4-2-8)15-17-16-11-5-9(14(21)22)6-12(7-11)18(23)24/h1-7H,(H,15,16)(H,19,20)(H,21,22)/p-2. The van der Waals surface area contributed by atoms with Crippen molar-refractivity contribution < 1.29 is 24.7 Å². The molecule has 0 unspecified atom stereocenters. The number of carboxylic acid groups (broad SMARTS) is 2. The highest BCUT2D eigenvalue weighted by Gasteiger charge is 2.10. The summed E-state index contributed by atoms with van der Waals surface area (Å²) in [5.41, 5.74) is 1.82. The van der Waals surface area contributed by atoms with Crippen molar-refractivity contribution in [1.82, 2.24) is 0 Å². The smallest absolute Gasteiger partial charge is 0.272 e. The molecular formula is C14H8N4O6-2. The molecule has 0 amide bonds. The van der Waals surface area contributed by atoms with Crippen molar-refractivity contribution in [3.8, 4) is 0 Å². The summed E-state index contributed by atoms with van der Waals surface area (Å²) in [4.78, 5) is 31.5. The van der Waals surface area contributed by atoms with Crippen molar-refractivity contribution in [3.05, 3.63) is 63.7 Å². The lowest BCUT2D eigenvalue weighted by Gasteiger charge is -2.05. The van der Waals surface area contributed by atoms with Crippen LogP contribution in [0.4, 0.5) is 17.1 Å². The molecule has 122 valence electrons. The van der Waals surface area contributed by atoms with Gasteiger partial charge in [0.1, 0.15) is 0 Å². The molecule has 2 aromatic rings.